The number of hydrogen-bond acceptors (Lipinski definition) is 6. The molecule has 3 unspecified atom stereocenters. The van der Waals surface area contributed by atoms with Gasteiger partial charge in [-0.15, -0.1) is 0 Å². The van der Waals surface area contributed by atoms with E-state index in [-0.39, 0.29) is 29.4 Å². The average molecular weight is 535 g/mol. The lowest BCUT2D eigenvalue weighted by atomic mass is 9.72. The van der Waals surface area contributed by atoms with E-state index in [1.165, 1.54) is 12.1 Å². The third-order valence-electron chi connectivity index (χ3n) is 6.97. The predicted molar refractivity (Wildman–Crippen MR) is 128 cm³/mol. The summed E-state index contributed by atoms with van der Waals surface area (Å²) in [5.74, 6) is -2.68. The summed E-state index contributed by atoms with van der Waals surface area (Å²) in [4.78, 5) is 31.6. The van der Waals surface area contributed by atoms with E-state index in [0.717, 1.165) is 36.1 Å². The molecule has 9 heteroatoms. The minimum Gasteiger partial charge on any atom is -0.481 e. The molecule has 2 fully saturated rings. The highest BCUT2D eigenvalue weighted by Crippen LogP contribution is 2.39. The highest BCUT2D eigenvalue weighted by Gasteiger charge is 2.46. The fraction of sp³-hybridized carbons (Fsp3) is 0.458. The molecule has 1 aromatic heterocycles. The van der Waals surface area contributed by atoms with E-state index in [0.29, 0.717) is 6.42 Å². The van der Waals surface area contributed by atoms with E-state index < -0.39 is 32.9 Å². The molecule has 2 heterocycles. The van der Waals surface area contributed by atoms with Crippen LogP contribution in [0.15, 0.2) is 58.2 Å². The van der Waals surface area contributed by atoms with Crippen LogP contribution in [-0.2, 0) is 19.4 Å². The van der Waals surface area contributed by atoms with Crippen LogP contribution in [0.25, 0.3) is 0 Å². The van der Waals surface area contributed by atoms with Gasteiger partial charge in [-0.3, -0.25) is 14.6 Å². The number of pyridine rings is 1. The van der Waals surface area contributed by atoms with Crippen molar-refractivity contribution in [1.29, 1.82) is 0 Å². The van der Waals surface area contributed by atoms with E-state index in [9.17, 15) is 23.1 Å². The van der Waals surface area contributed by atoms with E-state index in [1.54, 1.807) is 24.5 Å². The minimum absolute atomic E-state index is 0.0278. The third-order valence-corrected chi connectivity index (χ3v) is 9.67. The van der Waals surface area contributed by atoms with Gasteiger partial charge in [-0.25, -0.2) is 8.42 Å². The second-order valence-corrected chi connectivity index (χ2v) is 12.1. The van der Waals surface area contributed by atoms with Gasteiger partial charge in [0.2, 0.25) is 0 Å². The Bertz CT molecular complexity index is 1100. The molecule has 1 aliphatic carbocycles. The molecule has 4 rings (SSSR count). The zero-order valence-electron chi connectivity index (χ0n) is 18.1. The molecule has 0 bridgehead atoms. The zero-order valence-corrected chi connectivity index (χ0v) is 20.5. The van der Waals surface area contributed by atoms with Crippen molar-refractivity contribution in [2.75, 3.05) is 18.0 Å². The second kappa shape index (κ2) is 9.93. The van der Waals surface area contributed by atoms with Gasteiger partial charge in [0, 0.05) is 48.0 Å². The second-order valence-electron chi connectivity index (χ2n) is 8.95. The number of aliphatic carboxylic acids is 1. The van der Waals surface area contributed by atoms with Crippen molar-refractivity contribution in [3.8, 4) is 0 Å². The molecule has 176 valence electrons. The van der Waals surface area contributed by atoms with Gasteiger partial charge in [-0.05, 0) is 68.0 Å². The lowest BCUT2D eigenvalue weighted by molar-refractivity contribution is -0.149. The number of nitrogens with zero attached hydrogens (tertiary/aromatic N) is 2. The van der Waals surface area contributed by atoms with E-state index in [4.69, 9.17) is 0 Å². The van der Waals surface area contributed by atoms with Crippen LogP contribution in [0, 0.1) is 17.8 Å². The number of carboxylic acid groups (broad SMARTS) is 1. The number of benzene rings is 1. The molecule has 33 heavy (non-hydrogen) atoms. The number of rotatable bonds is 6. The van der Waals surface area contributed by atoms with Crippen molar-refractivity contribution >= 4 is 43.2 Å². The summed E-state index contributed by atoms with van der Waals surface area (Å²) in [5.41, 5.74) is 1.11. The number of halogens is 1. The Balaban J connectivity index is 1.43. The number of hydrogen-bond donors (Lipinski definition) is 1. The van der Waals surface area contributed by atoms with Crippen LogP contribution in [0.5, 0.6) is 0 Å². The highest BCUT2D eigenvalue weighted by atomic mass is 79.9. The maximum absolute atomic E-state index is 13.1. The molecule has 0 radical (unpaired) electrons. The van der Waals surface area contributed by atoms with Crippen LogP contribution in [0.3, 0.4) is 0 Å². The van der Waals surface area contributed by atoms with Crippen molar-refractivity contribution in [3.05, 3.63) is 53.3 Å². The number of carbonyl (C=O) groups is 2. The van der Waals surface area contributed by atoms with Crippen molar-refractivity contribution in [2.45, 2.75) is 42.2 Å². The molecule has 7 nitrogen and oxygen atoms in total. The number of carboxylic acids is 1. The van der Waals surface area contributed by atoms with Gasteiger partial charge < -0.3 is 10.0 Å². The van der Waals surface area contributed by atoms with Gasteiger partial charge >= 0.3 is 5.97 Å². The third kappa shape index (κ3) is 5.30. The quantitative estimate of drug-likeness (QED) is 0.597. The van der Waals surface area contributed by atoms with Crippen LogP contribution in [-0.4, -0.2) is 48.6 Å². The van der Waals surface area contributed by atoms with Crippen molar-refractivity contribution < 1.29 is 23.1 Å². The molecule has 2 aliphatic rings. The summed E-state index contributed by atoms with van der Waals surface area (Å²) in [7, 11) is -3.79. The summed E-state index contributed by atoms with van der Waals surface area (Å²) >= 11 is 3.29. The molecular formula is C24H27BrN2O5S. The SMILES string of the molecule is O=C(O)C1CC(S(=O)(=O)c2ccc(Br)cc2)CC(=O)C1CC1CCN(c2ccncc2)CC1. The van der Waals surface area contributed by atoms with Crippen molar-refractivity contribution in [2.24, 2.45) is 17.8 Å². The molecule has 2 aromatic rings. The number of ketones is 1. The Morgan fingerprint density at radius 1 is 1.09 bits per heavy atom. The molecule has 1 saturated carbocycles. The van der Waals surface area contributed by atoms with Crippen LogP contribution >= 0.6 is 15.9 Å². The highest BCUT2D eigenvalue weighted by molar-refractivity contribution is 9.10. The molecule has 3 atom stereocenters. The molecular weight excluding hydrogens is 508 g/mol. The maximum Gasteiger partial charge on any atom is 0.307 e. The Kier molecular flexibility index (Phi) is 7.19. The zero-order chi connectivity index (χ0) is 23.6. The Morgan fingerprint density at radius 2 is 1.73 bits per heavy atom. The standard InChI is InChI=1S/C24H27BrN2O5S/c25-17-1-3-19(4-2-17)33(31,32)20-14-22(24(29)30)21(23(28)15-20)13-16-7-11-27(12-8-16)18-5-9-26-10-6-18/h1-6,9-10,16,20-22H,7-8,11-15H2,(H,29,30). The fourth-order valence-electron chi connectivity index (χ4n) is 5.09. The largest absolute Gasteiger partial charge is 0.481 e. The van der Waals surface area contributed by atoms with E-state index in [1.807, 2.05) is 12.1 Å². The first-order valence-electron chi connectivity index (χ1n) is 11.2. The smallest absolute Gasteiger partial charge is 0.307 e. The van der Waals surface area contributed by atoms with E-state index in [2.05, 4.69) is 25.8 Å². The van der Waals surface area contributed by atoms with Gasteiger partial charge in [0.25, 0.3) is 0 Å². The number of sulfone groups is 1. The van der Waals surface area contributed by atoms with Crippen LogP contribution in [0.1, 0.15) is 32.1 Å². The topological polar surface area (TPSA) is 105 Å². The van der Waals surface area contributed by atoms with Crippen molar-refractivity contribution in [1.82, 2.24) is 4.98 Å². The molecule has 1 N–H and O–H groups in total. The minimum atomic E-state index is -3.79. The van der Waals surface area contributed by atoms with E-state index >= 15 is 0 Å². The molecule has 0 spiro atoms. The van der Waals surface area contributed by atoms with Gasteiger partial charge in [-0.2, -0.15) is 0 Å². The summed E-state index contributed by atoms with van der Waals surface area (Å²) in [6, 6.07) is 10.2. The first-order valence-corrected chi connectivity index (χ1v) is 13.5. The van der Waals surface area contributed by atoms with Crippen LogP contribution in [0.4, 0.5) is 5.69 Å². The molecule has 0 amide bonds. The van der Waals surface area contributed by atoms with Gasteiger partial charge in [-0.1, -0.05) is 15.9 Å². The molecule has 1 saturated heterocycles. The maximum atomic E-state index is 13.1. The normalized spacial score (nSPS) is 24.6. The summed E-state index contributed by atoms with van der Waals surface area (Å²) in [6.45, 7) is 1.68. The number of aromatic nitrogens is 1. The van der Waals surface area contributed by atoms with Crippen LogP contribution in [0.2, 0.25) is 0 Å². The van der Waals surface area contributed by atoms with Crippen molar-refractivity contribution in [3.63, 3.8) is 0 Å². The van der Waals surface area contributed by atoms with Crippen LogP contribution < -0.4 is 4.90 Å². The summed E-state index contributed by atoms with van der Waals surface area (Å²) < 4.78 is 27.0. The number of Topliss-reactive ketones (excluding diaryl/α,β-unsaturated/α-hetero) is 1. The summed E-state index contributed by atoms with van der Waals surface area (Å²) in [5, 5.41) is 8.87. The lowest BCUT2D eigenvalue weighted by Gasteiger charge is -2.38. The van der Waals surface area contributed by atoms with Gasteiger partial charge in [0.15, 0.2) is 9.84 Å². The summed E-state index contributed by atoms with van der Waals surface area (Å²) in [6.07, 6.45) is 5.63. The fourth-order valence-corrected chi connectivity index (χ4v) is 7.10. The number of carbonyl (C=O) groups excluding carboxylic acids is 1. The molecule has 1 aromatic carbocycles. The van der Waals surface area contributed by atoms with Gasteiger partial charge in [0.1, 0.15) is 5.78 Å². The average Bonchev–Trinajstić information content (AvgIpc) is 2.81. The van der Waals surface area contributed by atoms with Gasteiger partial charge in [0.05, 0.1) is 16.1 Å². The Morgan fingerprint density at radius 3 is 2.33 bits per heavy atom. The first kappa shape index (κ1) is 23.9. The first-order chi connectivity index (χ1) is 15.8. The Labute approximate surface area is 202 Å². The predicted octanol–water partition coefficient (Wildman–Crippen LogP) is 3.97. The number of anilines is 1. The number of piperidine rings is 1. The molecule has 1 aliphatic heterocycles. The monoisotopic (exact) mass is 534 g/mol. The lowest BCUT2D eigenvalue weighted by Crippen LogP contribution is -2.44. The Hall–Kier alpha value is -2.26.